The Bertz CT molecular complexity index is 3810. The van der Waals surface area contributed by atoms with Crippen molar-refractivity contribution in [3.63, 3.8) is 0 Å². The van der Waals surface area contributed by atoms with Crippen LogP contribution in [-0.4, -0.2) is 14.5 Å². The largest absolute Gasteiger partial charge is 0.309 e. The van der Waals surface area contributed by atoms with Gasteiger partial charge in [0.2, 0.25) is 0 Å². The summed E-state index contributed by atoms with van der Waals surface area (Å²) in [6.07, 6.45) is 7.50. The van der Waals surface area contributed by atoms with Crippen LogP contribution < -0.4 is 0 Å². The first-order chi connectivity index (χ1) is 34.4. The molecule has 1 aliphatic rings. The van der Waals surface area contributed by atoms with E-state index >= 15 is 0 Å². The maximum Gasteiger partial charge on any atom is 0.0544 e. The van der Waals surface area contributed by atoms with E-state index in [4.69, 9.17) is 0 Å². The first-order valence-electron chi connectivity index (χ1n) is 24.1. The summed E-state index contributed by atoms with van der Waals surface area (Å²) in [4.78, 5) is 8.79. The second-order valence-electron chi connectivity index (χ2n) is 19.1. The van der Waals surface area contributed by atoms with Gasteiger partial charge in [-0.25, -0.2) is 0 Å². The number of para-hydroxylation sites is 1. The summed E-state index contributed by atoms with van der Waals surface area (Å²) in [6.45, 7) is 4.73. The number of rotatable bonds is 8. The molecule has 70 heavy (non-hydrogen) atoms. The summed E-state index contributed by atoms with van der Waals surface area (Å²) >= 11 is 0. The van der Waals surface area contributed by atoms with E-state index in [1.54, 1.807) is 0 Å². The highest BCUT2D eigenvalue weighted by molar-refractivity contribution is 6.13. The van der Waals surface area contributed by atoms with E-state index in [2.05, 4.69) is 241 Å². The Kier molecular flexibility index (Phi) is 9.85. The topological polar surface area (TPSA) is 30.7 Å². The van der Waals surface area contributed by atoms with E-state index in [1.807, 2.05) is 36.9 Å². The van der Waals surface area contributed by atoms with E-state index in [1.165, 1.54) is 60.8 Å². The van der Waals surface area contributed by atoms with Crippen molar-refractivity contribution in [1.82, 2.24) is 14.5 Å². The fourth-order valence-corrected chi connectivity index (χ4v) is 11.0. The van der Waals surface area contributed by atoms with E-state index in [-0.39, 0.29) is 5.41 Å². The molecule has 0 N–H and O–H groups in total. The van der Waals surface area contributed by atoms with E-state index in [9.17, 15) is 0 Å². The molecule has 12 aromatic rings. The van der Waals surface area contributed by atoms with Crippen molar-refractivity contribution in [3.05, 3.63) is 260 Å². The summed E-state index contributed by atoms with van der Waals surface area (Å²) in [7, 11) is 0. The van der Waals surface area contributed by atoms with Crippen LogP contribution in [0.1, 0.15) is 25.0 Å². The zero-order valence-electron chi connectivity index (χ0n) is 39.0. The predicted octanol–water partition coefficient (Wildman–Crippen LogP) is 17.5. The highest BCUT2D eigenvalue weighted by Crippen LogP contribution is 2.51. The zero-order valence-corrected chi connectivity index (χ0v) is 39.0. The molecule has 0 aliphatic heterocycles. The molecule has 0 bridgehead atoms. The van der Waals surface area contributed by atoms with Gasteiger partial charge < -0.3 is 4.57 Å². The number of aromatic nitrogens is 3. The molecular weight excluding hydrogens is 847 g/mol. The summed E-state index contributed by atoms with van der Waals surface area (Å²) in [5.41, 5.74) is 25.0. The Balaban J connectivity index is 0.990. The Labute approximate surface area is 408 Å². The summed E-state index contributed by atoms with van der Waals surface area (Å²) in [6, 6.07) is 82.6. The summed E-state index contributed by atoms with van der Waals surface area (Å²) < 4.78 is 2.46. The van der Waals surface area contributed by atoms with Gasteiger partial charge >= 0.3 is 0 Å². The first kappa shape index (κ1) is 41.3. The molecule has 0 saturated heterocycles. The molecule has 3 heterocycles. The minimum absolute atomic E-state index is 0.112. The van der Waals surface area contributed by atoms with E-state index < -0.39 is 0 Å². The molecule has 13 rings (SSSR count). The molecule has 3 heteroatoms. The van der Waals surface area contributed by atoms with Crippen molar-refractivity contribution in [2.24, 2.45) is 0 Å². The van der Waals surface area contributed by atoms with Crippen LogP contribution in [-0.2, 0) is 5.41 Å². The van der Waals surface area contributed by atoms with Gasteiger partial charge in [0.25, 0.3) is 0 Å². The number of hydrogen-bond donors (Lipinski definition) is 0. The van der Waals surface area contributed by atoms with Gasteiger partial charge in [0, 0.05) is 57.8 Å². The van der Waals surface area contributed by atoms with Crippen molar-refractivity contribution < 1.29 is 0 Å². The molecule has 9 aromatic carbocycles. The smallest absolute Gasteiger partial charge is 0.0544 e. The van der Waals surface area contributed by atoms with Crippen molar-refractivity contribution in [2.75, 3.05) is 0 Å². The minimum atomic E-state index is -0.112. The lowest BCUT2D eigenvalue weighted by Gasteiger charge is -2.21. The highest BCUT2D eigenvalue weighted by Gasteiger charge is 2.36. The number of hydrogen-bond acceptors (Lipinski definition) is 2. The lowest BCUT2D eigenvalue weighted by molar-refractivity contribution is 0.661. The molecule has 0 fully saturated rings. The van der Waals surface area contributed by atoms with Crippen LogP contribution in [0.25, 0.3) is 117 Å². The quantitative estimate of drug-likeness (QED) is 0.152. The predicted molar refractivity (Wildman–Crippen MR) is 292 cm³/mol. The average molecular weight is 894 g/mol. The van der Waals surface area contributed by atoms with Crippen LogP contribution in [0.4, 0.5) is 0 Å². The average Bonchev–Trinajstić information content (AvgIpc) is 3.87. The molecule has 0 unspecified atom stereocenters. The first-order valence-corrected chi connectivity index (χ1v) is 24.1. The lowest BCUT2D eigenvalue weighted by Crippen LogP contribution is -2.14. The van der Waals surface area contributed by atoms with Crippen LogP contribution >= 0.6 is 0 Å². The molecule has 330 valence electrons. The van der Waals surface area contributed by atoms with Gasteiger partial charge in [-0.15, -0.1) is 0 Å². The molecule has 0 atom stereocenters. The zero-order chi connectivity index (χ0) is 46.8. The van der Waals surface area contributed by atoms with Crippen molar-refractivity contribution in [3.8, 4) is 94.7 Å². The Morgan fingerprint density at radius 1 is 0.300 bits per heavy atom. The number of benzene rings is 9. The van der Waals surface area contributed by atoms with Crippen LogP contribution in [0.5, 0.6) is 0 Å². The third-order valence-corrected chi connectivity index (χ3v) is 14.5. The van der Waals surface area contributed by atoms with Gasteiger partial charge in [0.15, 0.2) is 0 Å². The second-order valence-corrected chi connectivity index (χ2v) is 19.1. The van der Waals surface area contributed by atoms with Gasteiger partial charge in [-0.1, -0.05) is 147 Å². The Morgan fingerprint density at radius 3 is 1.24 bits per heavy atom. The number of pyridine rings is 2. The van der Waals surface area contributed by atoms with Gasteiger partial charge in [0.1, 0.15) is 0 Å². The monoisotopic (exact) mass is 893 g/mol. The van der Waals surface area contributed by atoms with Gasteiger partial charge in [-0.3, -0.25) is 9.97 Å². The third-order valence-electron chi connectivity index (χ3n) is 14.5. The Morgan fingerprint density at radius 2 is 0.729 bits per heavy atom. The van der Waals surface area contributed by atoms with Crippen LogP contribution in [0.15, 0.2) is 249 Å². The van der Waals surface area contributed by atoms with Gasteiger partial charge in [-0.2, -0.15) is 0 Å². The maximum atomic E-state index is 4.39. The molecule has 0 radical (unpaired) electrons. The minimum Gasteiger partial charge on any atom is -0.309 e. The molecule has 0 saturated carbocycles. The van der Waals surface area contributed by atoms with Crippen LogP contribution in [0.3, 0.4) is 0 Å². The molecule has 1 aliphatic carbocycles. The second kappa shape index (κ2) is 16.7. The number of nitrogens with zero attached hydrogens (tertiary/aromatic N) is 3. The molecule has 0 amide bonds. The van der Waals surface area contributed by atoms with Crippen LogP contribution in [0.2, 0.25) is 0 Å². The Hall–Kier alpha value is -8.92. The highest BCUT2D eigenvalue weighted by atomic mass is 15.0. The SMILES string of the molecule is CC1(C)c2ccccc2-c2cc3c4cc(-c5cc(-c6cccc(-c7cccc(-c8cccnc8)c7)c6)cc(-c6cccc(-c7cccc(-c8cccnc8)c7)c6)c5)ccc4n(-c4ccccc4)c3cc21. The molecule has 0 spiro atoms. The number of fused-ring (bicyclic) bond motifs is 6. The summed E-state index contributed by atoms with van der Waals surface area (Å²) in [5, 5.41) is 2.49. The molecule has 3 aromatic heterocycles. The van der Waals surface area contributed by atoms with Crippen molar-refractivity contribution in [1.29, 1.82) is 0 Å². The van der Waals surface area contributed by atoms with Crippen molar-refractivity contribution in [2.45, 2.75) is 19.3 Å². The fourth-order valence-electron chi connectivity index (χ4n) is 11.0. The summed E-state index contributed by atoms with van der Waals surface area (Å²) in [5.74, 6) is 0. The van der Waals surface area contributed by atoms with Gasteiger partial charge in [-0.05, 0) is 180 Å². The fraction of sp³-hybridized carbons (Fsp3) is 0.0448. The van der Waals surface area contributed by atoms with Gasteiger partial charge in [0.05, 0.1) is 11.0 Å². The standard InChI is InChI=1S/C67H47N3/c1-67(2)63-27-7-6-26-59(63)60-40-62-61-39-52(28-29-65(61)70(66(62)41-64(60)67)58-24-4-3-5-25-58)57-37-55(50-20-10-16-46(34-50)44-14-8-18-48(32-44)53-22-12-30-68-42-53)36-56(38-57)51-21-11-17-47(35-51)45-15-9-19-49(33-45)54-23-13-31-69-43-54/h3-43H,1-2H3. The normalized spacial score (nSPS) is 12.5. The third kappa shape index (κ3) is 7.14. The van der Waals surface area contributed by atoms with Crippen molar-refractivity contribution >= 4 is 21.8 Å². The van der Waals surface area contributed by atoms with Crippen LogP contribution in [0, 0.1) is 0 Å². The van der Waals surface area contributed by atoms with E-state index in [0.29, 0.717) is 0 Å². The van der Waals surface area contributed by atoms with E-state index in [0.717, 1.165) is 66.9 Å². The molecule has 3 nitrogen and oxygen atoms in total. The maximum absolute atomic E-state index is 4.39. The molecular formula is C67H47N3. The lowest BCUT2D eigenvalue weighted by atomic mass is 9.82.